The van der Waals surface area contributed by atoms with E-state index < -0.39 is 0 Å². The Balaban J connectivity index is 1.53. The molecule has 4 rings (SSSR count). The molecule has 1 aromatic heterocycles. The van der Waals surface area contributed by atoms with E-state index in [-0.39, 0.29) is 0 Å². The average molecular weight is 393 g/mol. The van der Waals surface area contributed by atoms with E-state index in [1.807, 2.05) is 18.2 Å². The molecule has 29 heavy (non-hydrogen) atoms. The van der Waals surface area contributed by atoms with Crippen LogP contribution in [0.15, 0.2) is 48.7 Å². The standard InChI is InChI=1S/C23H28N4O2/c1-28-21-8-4-3-7-20(21)27-12-10-26(11-13-27)16-18-14-17(15-24)23(29-2)22-19(18)6-5-9-25-22/h3-9,14H,10-13,15-16,24H2,1-2H3. The van der Waals surface area contributed by atoms with Crippen molar-refractivity contribution >= 4 is 16.6 Å². The number of para-hydroxylation sites is 2. The van der Waals surface area contributed by atoms with Crippen LogP contribution in [0.1, 0.15) is 11.1 Å². The van der Waals surface area contributed by atoms with E-state index in [0.29, 0.717) is 6.54 Å². The first-order valence-electron chi connectivity index (χ1n) is 9.99. The maximum Gasteiger partial charge on any atom is 0.149 e. The lowest BCUT2D eigenvalue weighted by atomic mass is 10.0. The number of hydrogen-bond donors (Lipinski definition) is 1. The molecule has 0 amide bonds. The van der Waals surface area contributed by atoms with Gasteiger partial charge in [-0.3, -0.25) is 9.88 Å². The zero-order chi connectivity index (χ0) is 20.2. The molecule has 0 saturated carbocycles. The number of fused-ring (bicyclic) bond motifs is 1. The second kappa shape index (κ2) is 8.68. The smallest absolute Gasteiger partial charge is 0.149 e. The number of aromatic nitrogens is 1. The van der Waals surface area contributed by atoms with Gasteiger partial charge in [-0.1, -0.05) is 18.2 Å². The zero-order valence-electron chi connectivity index (χ0n) is 17.1. The number of methoxy groups -OCH3 is 2. The highest BCUT2D eigenvalue weighted by Crippen LogP contribution is 2.32. The largest absolute Gasteiger partial charge is 0.495 e. The molecule has 1 fully saturated rings. The van der Waals surface area contributed by atoms with Crippen molar-refractivity contribution in [2.75, 3.05) is 45.3 Å². The molecule has 2 N–H and O–H groups in total. The molecule has 2 heterocycles. The third kappa shape index (κ3) is 3.86. The Bertz CT molecular complexity index is 984. The third-order valence-electron chi connectivity index (χ3n) is 5.62. The predicted molar refractivity (Wildman–Crippen MR) is 117 cm³/mol. The maximum absolute atomic E-state index is 5.99. The molecule has 0 radical (unpaired) electrons. The highest BCUT2D eigenvalue weighted by molar-refractivity contribution is 5.89. The van der Waals surface area contributed by atoms with Gasteiger partial charge < -0.3 is 20.1 Å². The number of nitrogens with two attached hydrogens (primary N) is 1. The molecule has 0 aliphatic carbocycles. The first kappa shape index (κ1) is 19.5. The van der Waals surface area contributed by atoms with Crippen molar-refractivity contribution in [2.45, 2.75) is 13.1 Å². The van der Waals surface area contributed by atoms with Crippen molar-refractivity contribution in [2.24, 2.45) is 5.73 Å². The topological polar surface area (TPSA) is 63.9 Å². The van der Waals surface area contributed by atoms with Gasteiger partial charge in [-0.05, 0) is 29.8 Å². The fourth-order valence-corrected chi connectivity index (χ4v) is 4.14. The fraction of sp³-hybridized carbons (Fsp3) is 0.348. The van der Waals surface area contributed by atoms with Crippen LogP contribution in [0.4, 0.5) is 5.69 Å². The summed E-state index contributed by atoms with van der Waals surface area (Å²) >= 11 is 0. The molecule has 6 nitrogen and oxygen atoms in total. The minimum absolute atomic E-state index is 0.435. The lowest BCUT2D eigenvalue weighted by Gasteiger charge is -2.36. The van der Waals surface area contributed by atoms with Gasteiger partial charge in [-0.2, -0.15) is 0 Å². The molecule has 2 aromatic carbocycles. The lowest BCUT2D eigenvalue weighted by molar-refractivity contribution is 0.250. The number of pyridine rings is 1. The second-order valence-corrected chi connectivity index (χ2v) is 7.27. The van der Waals surface area contributed by atoms with Gasteiger partial charge in [0.15, 0.2) is 0 Å². The Labute approximate surface area is 171 Å². The number of hydrogen-bond acceptors (Lipinski definition) is 6. The van der Waals surface area contributed by atoms with Crippen molar-refractivity contribution in [1.29, 1.82) is 0 Å². The lowest BCUT2D eigenvalue weighted by Crippen LogP contribution is -2.46. The zero-order valence-corrected chi connectivity index (χ0v) is 17.1. The normalized spacial score (nSPS) is 14.9. The van der Waals surface area contributed by atoms with Crippen LogP contribution in [-0.4, -0.2) is 50.3 Å². The van der Waals surface area contributed by atoms with Gasteiger partial charge >= 0.3 is 0 Å². The van der Waals surface area contributed by atoms with Crippen molar-refractivity contribution in [1.82, 2.24) is 9.88 Å². The van der Waals surface area contributed by atoms with Crippen LogP contribution < -0.4 is 20.1 Å². The first-order valence-corrected chi connectivity index (χ1v) is 9.99. The molecule has 1 aliphatic rings. The van der Waals surface area contributed by atoms with Gasteiger partial charge in [0.2, 0.25) is 0 Å². The molecule has 1 saturated heterocycles. The highest BCUT2D eigenvalue weighted by Gasteiger charge is 2.21. The van der Waals surface area contributed by atoms with Gasteiger partial charge in [0, 0.05) is 56.4 Å². The molecule has 0 bridgehead atoms. The molecule has 0 spiro atoms. The number of benzene rings is 2. The van der Waals surface area contributed by atoms with Crippen LogP contribution in [0.25, 0.3) is 10.9 Å². The van der Waals surface area contributed by atoms with Gasteiger partial charge in [-0.15, -0.1) is 0 Å². The summed E-state index contributed by atoms with van der Waals surface area (Å²) < 4.78 is 11.1. The Morgan fingerprint density at radius 1 is 0.966 bits per heavy atom. The molecule has 1 aliphatic heterocycles. The molecular formula is C23H28N4O2. The molecule has 6 heteroatoms. The third-order valence-corrected chi connectivity index (χ3v) is 5.62. The minimum Gasteiger partial charge on any atom is -0.495 e. The predicted octanol–water partition coefficient (Wildman–Crippen LogP) is 3.03. The Hall–Kier alpha value is -2.83. The van der Waals surface area contributed by atoms with E-state index in [4.69, 9.17) is 15.2 Å². The van der Waals surface area contributed by atoms with E-state index in [1.165, 1.54) is 11.3 Å². The van der Waals surface area contributed by atoms with Crippen LogP contribution in [0, 0.1) is 0 Å². The number of nitrogens with zero attached hydrogens (tertiary/aromatic N) is 3. The SMILES string of the molecule is COc1ccccc1N1CCN(Cc2cc(CN)c(OC)c3ncccc23)CC1. The van der Waals surface area contributed by atoms with Crippen LogP contribution in [0.2, 0.25) is 0 Å². The average Bonchev–Trinajstić information content (AvgIpc) is 2.79. The number of ether oxygens (including phenoxy) is 2. The molecule has 0 atom stereocenters. The molecule has 0 unspecified atom stereocenters. The fourth-order valence-electron chi connectivity index (χ4n) is 4.14. The molecule has 152 valence electrons. The Morgan fingerprint density at radius 3 is 2.48 bits per heavy atom. The van der Waals surface area contributed by atoms with Crippen LogP contribution in [0.5, 0.6) is 11.5 Å². The monoisotopic (exact) mass is 392 g/mol. The summed E-state index contributed by atoms with van der Waals surface area (Å²) in [7, 11) is 3.41. The number of rotatable bonds is 6. The summed E-state index contributed by atoms with van der Waals surface area (Å²) in [6, 6.07) is 14.5. The van der Waals surface area contributed by atoms with E-state index in [0.717, 1.165) is 60.7 Å². The first-order chi connectivity index (χ1) is 14.2. The van der Waals surface area contributed by atoms with Crippen LogP contribution >= 0.6 is 0 Å². The van der Waals surface area contributed by atoms with Gasteiger partial charge in [0.25, 0.3) is 0 Å². The van der Waals surface area contributed by atoms with E-state index in [1.54, 1.807) is 20.4 Å². The van der Waals surface area contributed by atoms with Gasteiger partial charge in [-0.25, -0.2) is 0 Å². The summed E-state index contributed by atoms with van der Waals surface area (Å²) in [6.07, 6.45) is 1.81. The van der Waals surface area contributed by atoms with Crippen molar-refractivity contribution in [3.63, 3.8) is 0 Å². The van der Waals surface area contributed by atoms with Crippen LogP contribution in [-0.2, 0) is 13.1 Å². The summed E-state index contributed by atoms with van der Waals surface area (Å²) in [5.74, 6) is 1.72. The maximum atomic E-state index is 5.99. The highest BCUT2D eigenvalue weighted by atomic mass is 16.5. The minimum atomic E-state index is 0.435. The summed E-state index contributed by atoms with van der Waals surface area (Å²) in [4.78, 5) is 9.45. The van der Waals surface area contributed by atoms with Crippen molar-refractivity contribution in [3.05, 3.63) is 59.8 Å². The van der Waals surface area contributed by atoms with E-state index in [9.17, 15) is 0 Å². The Morgan fingerprint density at radius 2 is 1.76 bits per heavy atom. The van der Waals surface area contributed by atoms with Gasteiger partial charge in [0.05, 0.1) is 19.9 Å². The molecular weight excluding hydrogens is 364 g/mol. The second-order valence-electron chi connectivity index (χ2n) is 7.27. The van der Waals surface area contributed by atoms with E-state index in [2.05, 4.69) is 39.0 Å². The summed E-state index contributed by atoms with van der Waals surface area (Å²) in [6.45, 7) is 5.23. The van der Waals surface area contributed by atoms with Gasteiger partial charge in [0.1, 0.15) is 17.0 Å². The summed E-state index contributed by atoms with van der Waals surface area (Å²) in [5, 5.41) is 1.13. The molecule has 3 aromatic rings. The van der Waals surface area contributed by atoms with Crippen LogP contribution in [0.3, 0.4) is 0 Å². The summed E-state index contributed by atoms with van der Waals surface area (Å²) in [5.41, 5.74) is 10.3. The number of piperazine rings is 1. The van der Waals surface area contributed by atoms with E-state index >= 15 is 0 Å². The quantitative estimate of drug-likeness (QED) is 0.696. The van der Waals surface area contributed by atoms with Crippen molar-refractivity contribution in [3.8, 4) is 11.5 Å². The van der Waals surface area contributed by atoms with Crippen molar-refractivity contribution < 1.29 is 9.47 Å². The Kier molecular flexibility index (Phi) is 5.83. The number of anilines is 1.